The third-order valence-electron chi connectivity index (χ3n) is 4.30. The van der Waals surface area contributed by atoms with E-state index >= 15 is 0 Å². The van der Waals surface area contributed by atoms with Gasteiger partial charge >= 0.3 is 5.97 Å². The zero-order valence-electron chi connectivity index (χ0n) is 16.4. The number of hydrogen-bond donors (Lipinski definition) is 1. The SMILES string of the molecule is CCOC(=O)[C@H](C)NC(=O)CSc1ncc(Br)n1-c1ccc(C#N)c2ccccc12. The van der Waals surface area contributed by atoms with E-state index in [1.807, 2.05) is 34.9 Å². The minimum Gasteiger partial charge on any atom is -0.464 e. The Hall–Kier alpha value is -2.83. The molecular formula is C21H19BrN4O3S. The lowest BCUT2D eigenvalue weighted by molar-refractivity contribution is -0.146. The Labute approximate surface area is 186 Å². The number of rotatable bonds is 7. The van der Waals surface area contributed by atoms with Crippen molar-refractivity contribution in [1.82, 2.24) is 14.9 Å². The summed E-state index contributed by atoms with van der Waals surface area (Å²) in [6.45, 7) is 3.56. The van der Waals surface area contributed by atoms with Crippen molar-refractivity contribution in [3.8, 4) is 11.8 Å². The zero-order valence-corrected chi connectivity index (χ0v) is 18.8. The van der Waals surface area contributed by atoms with Gasteiger partial charge in [0.1, 0.15) is 10.6 Å². The number of halogens is 1. The summed E-state index contributed by atoms with van der Waals surface area (Å²) in [6, 6.07) is 12.8. The van der Waals surface area contributed by atoms with Gasteiger partial charge < -0.3 is 10.1 Å². The van der Waals surface area contributed by atoms with E-state index in [-0.39, 0.29) is 18.3 Å². The quantitative estimate of drug-likeness (QED) is 0.402. The standard InChI is InChI=1S/C21H19BrN4O3S/c1-3-29-20(28)13(2)25-19(27)12-30-21-24-11-18(22)26(21)17-9-8-14(10-23)15-6-4-5-7-16(15)17/h4-9,11,13H,3,12H2,1-2H3,(H,25,27)/t13-/m0/s1. The second kappa shape index (κ2) is 9.78. The van der Waals surface area contributed by atoms with Crippen molar-refractivity contribution in [1.29, 1.82) is 5.26 Å². The van der Waals surface area contributed by atoms with Crippen molar-refractivity contribution >= 4 is 50.3 Å². The summed E-state index contributed by atoms with van der Waals surface area (Å²) in [5, 5.41) is 14.4. The molecule has 0 aliphatic carbocycles. The predicted molar refractivity (Wildman–Crippen MR) is 118 cm³/mol. The molecule has 0 fully saturated rings. The first-order valence-electron chi connectivity index (χ1n) is 9.20. The summed E-state index contributed by atoms with van der Waals surface area (Å²) < 4.78 is 7.51. The number of carbonyl (C=O) groups excluding carboxylic acids is 2. The molecular weight excluding hydrogens is 468 g/mol. The Morgan fingerprint density at radius 2 is 2.03 bits per heavy atom. The van der Waals surface area contributed by atoms with Gasteiger partial charge in [-0.15, -0.1) is 0 Å². The normalized spacial score (nSPS) is 11.7. The fourth-order valence-electron chi connectivity index (χ4n) is 2.95. The van der Waals surface area contributed by atoms with Crippen molar-refractivity contribution in [2.24, 2.45) is 0 Å². The molecule has 9 heteroatoms. The molecule has 3 rings (SSSR count). The summed E-state index contributed by atoms with van der Waals surface area (Å²) in [7, 11) is 0. The van der Waals surface area contributed by atoms with Crippen molar-refractivity contribution in [3.05, 3.63) is 52.8 Å². The summed E-state index contributed by atoms with van der Waals surface area (Å²) in [6.07, 6.45) is 1.66. The number of aromatic nitrogens is 2. The second-order valence-corrected chi connectivity index (χ2v) is 8.07. The van der Waals surface area contributed by atoms with Gasteiger partial charge in [-0.25, -0.2) is 9.78 Å². The maximum Gasteiger partial charge on any atom is 0.328 e. The van der Waals surface area contributed by atoms with E-state index in [0.29, 0.717) is 10.7 Å². The largest absolute Gasteiger partial charge is 0.464 e. The molecule has 0 radical (unpaired) electrons. The Bertz CT molecular complexity index is 1140. The number of hydrogen-bond acceptors (Lipinski definition) is 6. The van der Waals surface area contributed by atoms with Gasteiger partial charge in [0.2, 0.25) is 5.91 Å². The minimum absolute atomic E-state index is 0.0847. The minimum atomic E-state index is -0.716. The number of imidazole rings is 1. The Morgan fingerprint density at radius 1 is 1.30 bits per heavy atom. The van der Waals surface area contributed by atoms with Gasteiger partial charge in [0.15, 0.2) is 5.16 Å². The molecule has 0 spiro atoms. The Morgan fingerprint density at radius 3 is 2.73 bits per heavy atom. The number of nitrogens with zero attached hydrogens (tertiary/aromatic N) is 3. The molecule has 1 aromatic heterocycles. The van der Waals surface area contributed by atoms with Gasteiger partial charge in [0, 0.05) is 10.8 Å². The van der Waals surface area contributed by atoms with E-state index < -0.39 is 12.0 Å². The highest BCUT2D eigenvalue weighted by atomic mass is 79.9. The molecule has 154 valence electrons. The number of ether oxygens (including phenoxy) is 1. The average Bonchev–Trinajstić information content (AvgIpc) is 3.11. The van der Waals surface area contributed by atoms with Crippen LogP contribution in [0.5, 0.6) is 0 Å². The molecule has 1 heterocycles. The van der Waals surface area contributed by atoms with E-state index in [1.54, 1.807) is 26.1 Å². The van der Waals surface area contributed by atoms with Gasteiger partial charge in [-0.1, -0.05) is 36.0 Å². The van der Waals surface area contributed by atoms with Crippen LogP contribution in [0.25, 0.3) is 16.5 Å². The smallest absolute Gasteiger partial charge is 0.328 e. The molecule has 30 heavy (non-hydrogen) atoms. The number of amides is 1. The molecule has 0 bridgehead atoms. The summed E-state index contributed by atoms with van der Waals surface area (Å²) in [5.41, 5.74) is 1.43. The van der Waals surface area contributed by atoms with Crippen LogP contribution < -0.4 is 5.32 Å². The summed E-state index contributed by atoms with van der Waals surface area (Å²) in [5.74, 6) is -0.679. The molecule has 0 aliphatic heterocycles. The topological polar surface area (TPSA) is 97.0 Å². The molecule has 1 atom stereocenters. The first-order valence-corrected chi connectivity index (χ1v) is 11.0. The molecule has 0 aliphatic rings. The van der Waals surface area contributed by atoms with Crippen LogP contribution in [0, 0.1) is 11.3 Å². The number of esters is 1. The second-order valence-electron chi connectivity index (χ2n) is 6.32. The van der Waals surface area contributed by atoms with E-state index in [9.17, 15) is 14.9 Å². The number of carbonyl (C=O) groups is 2. The molecule has 3 aromatic rings. The van der Waals surface area contributed by atoms with Gasteiger partial charge in [0.05, 0.1) is 35.9 Å². The van der Waals surface area contributed by atoms with Crippen LogP contribution in [-0.2, 0) is 14.3 Å². The monoisotopic (exact) mass is 486 g/mol. The highest BCUT2D eigenvalue weighted by molar-refractivity contribution is 9.10. The van der Waals surface area contributed by atoms with Crippen molar-refractivity contribution in [3.63, 3.8) is 0 Å². The van der Waals surface area contributed by atoms with Crippen molar-refractivity contribution in [2.45, 2.75) is 25.0 Å². The van der Waals surface area contributed by atoms with Crippen molar-refractivity contribution in [2.75, 3.05) is 12.4 Å². The van der Waals surface area contributed by atoms with Crippen molar-refractivity contribution < 1.29 is 14.3 Å². The molecule has 1 N–H and O–H groups in total. The van der Waals surface area contributed by atoms with E-state index in [1.165, 1.54) is 11.8 Å². The van der Waals surface area contributed by atoms with Gasteiger partial charge in [0.25, 0.3) is 0 Å². The Balaban J connectivity index is 1.84. The summed E-state index contributed by atoms with van der Waals surface area (Å²) in [4.78, 5) is 28.3. The van der Waals surface area contributed by atoms with Crippen LogP contribution in [0.15, 0.2) is 52.4 Å². The van der Waals surface area contributed by atoms with Gasteiger partial charge in [-0.05, 0) is 41.9 Å². The van der Waals surface area contributed by atoms with Crippen LogP contribution in [0.1, 0.15) is 19.4 Å². The fourth-order valence-corrected chi connectivity index (χ4v) is 4.33. The molecule has 0 unspecified atom stereocenters. The van der Waals surface area contributed by atoms with Crippen LogP contribution in [0.3, 0.4) is 0 Å². The Kier molecular flexibility index (Phi) is 7.13. The molecule has 2 aromatic carbocycles. The highest BCUT2D eigenvalue weighted by Crippen LogP contribution is 2.32. The molecule has 1 amide bonds. The number of nitrogens with one attached hydrogen (secondary N) is 1. The maximum absolute atomic E-state index is 12.3. The predicted octanol–water partition coefficient (Wildman–Crippen LogP) is 3.82. The summed E-state index contributed by atoms with van der Waals surface area (Å²) >= 11 is 4.77. The average molecular weight is 487 g/mol. The first-order chi connectivity index (χ1) is 14.5. The van der Waals surface area contributed by atoms with E-state index in [2.05, 4.69) is 32.3 Å². The van der Waals surface area contributed by atoms with Crippen LogP contribution in [0.2, 0.25) is 0 Å². The lowest BCUT2D eigenvalue weighted by Crippen LogP contribution is -2.40. The van der Waals surface area contributed by atoms with Crippen LogP contribution >= 0.6 is 27.7 Å². The molecule has 7 nitrogen and oxygen atoms in total. The van der Waals surface area contributed by atoms with Crippen LogP contribution in [0.4, 0.5) is 0 Å². The van der Waals surface area contributed by atoms with Gasteiger partial charge in [-0.3, -0.25) is 9.36 Å². The third-order valence-corrected chi connectivity index (χ3v) is 5.81. The third kappa shape index (κ3) is 4.66. The van der Waals surface area contributed by atoms with Crippen LogP contribution in [-0.4, -0.2) is 39.8 Å². The van der Waals surface area contributed by atoms with E-state index in [4.69, 9.17) is 4.74 Å². The van der Waals surface area contributed by atoms with Gasteiger partial charge in [-0.2, -0.15) is 5.26 Å². The number of thioether (sulfide) groups is 1. The lowest BCUT2D eigenvalue weighted by Gasteiger charge is -2.14. The molecule has 0 saturated heterocycles. The highest BCUT2D eigenvalue weighted by Gasteiger charge is 2.19. The fraction of sp³-hybridized carbons (Fsp3) is 0.238. The zero-order chi connectivity index (χ0) is 21.7. The first kappa shape index (κ1) is 21.9. The number of fused-ring (bicyclic) bond motifs is 1. The number of benzene rings is 2. The molecule has 0 saturated carbocycles. The number of nitriles is 1. The van der Waals surface area contributed by atoms with E-state index in [0.717, 1.165) is 21.1 Å². The lowest BCUT2D eigenvalue weighted by atomic mass is 10.0. The maximum atomic E-state index is 12.3.